The molecule has 1 N–H and O–H groups in total. The number of benzene rings is 1. The number of nitrogens with one attached hydrogen (secondary N) is 1. The Bertz CT molecular complexity index is 563. The fourth-order valence-electron chi connectivity index (χ4n) is 2.60. The number of carbonyl (C=O) groups is 2. The Morgan fingerprint density at radius 1 is 1.00 bits per heavy atom. The van der Waals surface area contributed by atoms with Crippen molar-refractivity contribution in [1.82, 2.24) is 5.43 Å². The van der Waals surface area contributed by atoms with E-state index < -0.39 is 0 Å². The van der Waals surface area contributed by atoms with Gasteiger partial charge in [0.15, 0.2) is 0 Å². The zero-order chi connectivity index (χ0) is 13.9. The number of hydrogen-bond acceptors (Lipinski definition) is 3. The van der Waals surface area contributed by atoms with Gasteiger partial charge in [0, 0.05) is 31.5 Å². The lowest BCUT2D eigenvalue weighted by molar-refractivity contribution is -0.121. The second kappa shape index (κ2) is 5.45. The lowest BCUT2D eigenvalue weighted by Gasteiger charge is -2.27. The summed E-state index contributed by atoms with van der Waals surface area (Å²) < 4.78 is 0. The monoisotopic (exact) mass is 271 g/mol. The highest BCUT2D eigenvalue weighted by Crippen LogP contribution is 2.22. The van der Waals surface area contributed by atoms with E-state index in [1.807, 2.05) is 29.2 Å². The molecule has 0 radical (unpaired) electrons. The molecule has 2 aliphatic rings. The molecule has 1 aromatic carbocycles. The van der Waals surface area contributed by atoms with Crippen LogP contribution in [-0.4, -0.2) is 24.1 Å². The topological polar surface area (TPSA) is 61.8 Å². The predicted molar refractivity (Wildman–Crippen MR) is 76.6 cm³/mol. The molecular formula is C15H17N3O2. The van der Waals surface area contributed by atoms with Gasteiger partial charge in [-0.3, -0.25) is 9.59 Å². The van der Waals surface area contributed by atoms with Crippen LogP contribution >= 0.6 is 0 Å². The first-order chi connectivity index (χ1) is 9.74. The van der Waals surface area contributed by atoms with Gasteiger partial charge in [-0.1, -0.05) is 12.1 Å². The van der Waals surface area contributed by atoms with Gasteiger partial charge in [0.05, 0.1) is 5.71 Å². The molecule has 0 aromatic heterocycles. The Hall–Kier alpha value is -2.17. The third kappa shape index (κ3) is 2.57. The molecule has 3 rings (SSSR count). The van der Waals surface area contributed by atoms with Crippen molar-refractivity contribution in [2.75, 3.05) is 11.4 Å². The van der Waals surface area contributed by atoms with Crippen LogP contribution in [0.15, 0.2) is 29.4 Å². The summed E-state index contributed by atoms with van der Waals surface area (Å²) in [6, 6.07) is 7.84. The predicted octanol–water partition coefficient (Wildman–Crippen LogP) is 1.82. The van der Waals surface area contributed by atoms with Crippen LogP contribution in [0.5, 0.6) is 0 Å². The normalized spacial score (nSPS) is 19.6. The van der Waals surface area contributed by atoms with Crippen LogP contribution in [-0.2, 0) is 9.59 Å². The van der Waals surface area contributed by atoms with E-state index >= 15 is 0 Å². The Morgan fingerprint density at radius 3 is 2.45 bits per heavy atom. The van der Waals surface area contributed by atoms with Gasteiger partial charge in [0.25, 0.3) is 0 Å². The van der Waals surface area contributed by atoms with Crippen LogP contribution in [0.4, 0.5) is 5.69 Å². The van der Waals surface area contributed by atoms with Crippen LogP contribution in [0.3, 0.4) is 0 Å². The number of carbonyl (C=O) groups excluding carboxylic acids is 2. The minimum absolute atomic E-state index is 0.0377. The van der Waals surface area contributed by atoms with Crippen LogP contribution in [0, 0.1) is 0 Å². The van der Waals surface area contributed by atoms with Crippen molar-refractivity contribution in [1.29, 1.82) is 0 Å². The summed E-state index contributed by atoms with van der Waals surface area (Å²) in [4.78, 5) is 24.8. The van der Waals surface area contributed by atoms with Crippen LogP contribution in [0.2, 0.25) is 0 Å². The largest absolute Gasteiger partial charge is 0.312 e. The molecule has 2 heterocycles. The summed E-state index contributed by atoms with van der Waals surface area (Å²) in [5.74, 6) is 0.163. The van der Waals surface area contributed by atoms with Gasteiger partial charge in [-0.05, 0) is 30.5 Å². The molecule has 0 spiro atoms. The Labute approximate surface area is 117 Å². The molecule has 0 unspecified atom stereocenters. The van der Waals surface area contributed by atoms with Gasteiger partial charge in [-0.2, -0.15) is 5.10 Å². The summed E-state index contributed by atoms with van der Waals surface area (Å²) in [6.07, 6.45) is 3.83. The van der Waals surface area contributed by atoms with Crippen molar-refractivity contribution in [3.05, 3.63) is 29.8 Å². The third-order valence-corrected chi connectivity index (χ3v) is 3.74. The molecular weight excluding hydrogens is 254 g/mol. The minimum atomic E-state index is -0.0377. The first kappa shape index (κ1) is 12.8. The maximum atomic E-state index is 11.9. The number of amides is 2. The van der Waals surface area contributed by atoms with Gasteiger partial charge in [0.1, 0.15) is 0 Å². The van der Waals surface area contributed by atoms with Crippen molar-refractivity contribution in [2.24, 2.45) is 5.10 Å². The molecule has 0 atom stereocenters. The number of piperidine rings is 1. The van der Waals surface area contributed by atoms with Gasteiger partial charge >= 0.3 is 0 Å². The Balaban J connectivity index is 1.77. The highest BCUT2D eigenvalue weighted by molar-refractivity contribution is 6.04. The van der Waals surface area contributed by atoms with Crippen molar-refractivity contribution in [2.45, 2.75) is 32.1 Å². The lowest BCUT2D eigenvalue weighted by atomic mass is 10.0. The molecule has 5 heteroatoms. The standard InChI is InChI=1S/C15H17N3O2/c19-14-9-8-13(16-17-14)11-4-6-12(7-5-11)18-10-2-1-3-15(18)20/h4-7H,1-3,8-10H2,(H,17,19). The van der Waals surface area contributed by atoms with E-state index in [9.17, 15) is 9.59 Å². The van der Waals surface area contributed by atoms with E-state index in [2.05, 4.69) is 10.5 Å². The van der Waals surface area contributed by atoms with Gasteiger partial charge in [-0.15, -0.1) is 0 Å². The number of nitrogens with zero attached hydrogens (tertiary/aromatic N) is 2. The quantitative estimate of drug-likeness (QED) is 0.891. The Morgan fingerprint density at radius 2 is 1.80 bits per heavy atom. The molecule has 1 saturated heterocycles. The summed E-state index contributed by atoms with van der Waals surface area (Å²) in [7, 11) is 0. The van der Waals surface area contributed by atoms with E-state index in [1.165, 1.54) is 0 Å². The number of rotatable bonds is 2. The van der Waals surface area contributed by atoms with Crippen LogP contribution in [0.1, 0.15) is 37.7 Å². The van der Waals surface area contributed by atoms with Gasteiger partial charge in [0.2, 0.25) is 11.8 Å². The minimum Gasteiger partial charge on any atom is -0.312 e. The van der Waals surface area contributed by atoms with E-state index in [0.29, 0.717) is 19.3 Å². The molecule has 0 saturated carbocycles. The SMILES string of the molecule is O=C1CCC(c2ccc(N3CCCCC3=O)cc2)=NN1. The molecule has 2 aliphatic heterocycles. The van der Waals surface area contributed by atoms with E-state index in [1.54, 1.807) is 0 Å². The van der Waals surface area contributed by atoms with Gasteiger partial charge < -0.3 is 4.90 Å². The summed E-state index contributed by atoms with van der Waals surface area (Å²) in [5, 5.41) is 4.07. The van der Waals surface area contributed by atoms with E-state index in [4.69, 9.17) is 0 Å². The molecule has 20 heavy (non-hydrogen) atoms. The highest BCUT2D eigenvalue weighted by atomic mass is 16.2. The van der Waals surface area contributed by atoms with Crippen molar-refractivity contribution >= 4 is 23.2 Å². The summed E-state index contributed by atoms with van der Waals surface area (Å²) in [6.45, 7) is 0.801. The summed E-state index contributed by atoms with van der Waals surface area (Å²) >= 11 is 0. The maximum Gasteiger partial charge on any atom is 0.240 e. The van der Waals surface area contributed by atoms with E-state index in [-0.39, 0.29) is 11.8 Å². The highest BCUT2D eigenvalue weighted by Gasteiger charge is 2.20. The summed E-state index contributed by atoms with van der Waals surface area (Å²) in [5.41, 5.74) is 5.33. The van der Waals surface area contributed by atoms with Crippen molar-refractivity contribution < 1.29 is 9.59 Å². The fourth-order valence-corrected chi connectivity index (χ4v) is 2.60. The second-order valence-electron chi connectivity index (χ2n) is 5.14. The third-order valence-electron chi connectivity index (χ3n) is 3.74. The molecule has 0 aliphatic carbocycles. The lowest BCUT2D eigenvalue weighted by Crippen LogP contribution is -2.35. The average Bonchev–Trinajstić information content (AvgIpc) is 2.49. The number of hydrogen-bond donors (Lipinski definition) is 1. The molecule has 5 nitrogen and oxygen atoms in total. The first-order valence-corrected chi connectivity index (χ1v) is 7.00. The Kier molecular flexibility index (Phi) is 3.50. The number of anilines is 1. The van der Waals surface area contributed by atoms with Crippen LogP contribution in [0.25, 0.3) is 0 Å². The molecule has 104 valence electrons. The van der Waals surface area contributed by atoms with Gasteiger partial charge in [-0.25, -0.2) is 5.43 Å². The smallest absolute Gasteiger partial charge is 0.240 e. The van der Waals surface area contributed by atoms with Crippen LogP contribution < -0.4 is 10.3 Å². The molecule has 0 bridgehead atoms. The molecule has 2 amide bonds. The fraction of sp³-hybridized carbons (Fsp3) is 0.400. The second-order valence-corrected chi connectivity index (χ2v) is 5.14. The van der Waals surface area contributed by atoms with E-state index in [0.717, 1.165) is 36.3 Å². The zero-order valence-electron chi connectivity index (χ0n) is 11.3. The average molecular weight is 271 g/mol. The molecule has 1 aromatic rings. The maximum absolute atomic E-state index is 11.9. The van der Waals surface area contributed by atoms with Crippen molar-refractivity contribution in [3.63, 3.8) is 0 Å². The number of hydrazone groups is 1. The zero-order valence-corrected chi connectivity index (χ0v) is 11.3. The molecule has 1 fully saturated rings. The first-order valence-electron chi connectivity index (χ1n) is 7.00. The van der Waals surface area contributed by atoms with Crippen molar-refractivity contribution in [3.8, 4) is 0 Å².